The summed E-state index contributed by atoms with van der Waals surface area (Å²) in [6, 6.07) is 0. The van der Waals surface area contributed by atoms with Gasteiger partial charge in [0, 0.05) is 0 Å². The number of rotatable bonds is 4. The Morgan fingerprint density at radius 3 is 0.853 bits per heavy atom. The lowest BCUT2D eigenvalue weighted by Gasteiger charge is -2.27. The lowest BCUT2D eigenvalue weighted by Crippen LogP contribution is -2.10. The summed E-state index contributed by atoms with van der Waals surface area (Å²) in [5.41, 5.74) is 26.4. The molecule has 0 nitrogen and oxygen atoms in total. The second kappa shape index (κ2) is 9.37. The van der Waals surface area contributed by atoms with E-state index in [0.717, 1.165) is 12.8 Å². The Morgan fingerprint density at radius 2 is 0.471 bits per heavy atom. The number of hydrogen-bond acceptors (Lipinski definition) is 0. The number of benzene rings is 3. The SMILES string of the molecule is Cc1c(C)c(C)c(CCc2c(C)c(C)c(C)c(C)c2-c2c(C)c(C)c(C)c(C)c2C)c(C)c1C. The van der Waals surface area contributed by atoms with Crippen LogP contribution in [0.2, 0.25) is 0 Å². The van der Waals surface area contributed by atoms with Gasteiger partial charge in [-0.25, -0.2) is 0 Å². The Labute approximate surface area is 209 Å². The van der Waals surface area contributed by atoms with Crippen LogP contribution in [0.25, 0.3) is 11.1 Å². The fourth-order valence-electron chi connectivity index (χ4n) is 6.12. The van der Waals surface area contributed by atoms with Gasteiger partial charge in [0.05, 0.1) is 0 Å². The van der Waals surface area contributed by atoms with Crippen molar-refractivity contribution in [3.8, 4) is 11.1 Å². The van der Waals surface area contributed by atoms with Gasteiger partial charge in [0.2, 0.25) is 0 Å². The van der Waals surface area contributed by atoms with Crippen molar-refractivity contribution in [2.24, 2.45) is 0 Å². The van der Waals surface area contributed by atoms with E-state index in [-0.39, 0.29) is 0 Å². The highest BCUT2D eigenvalue weighted by atomic mass is 14.3. The van der Waals surface area contributed by atoms with E-state index in [2.05, 4.69) is 96.9 Å². The summed E-state index contributed by atoms with van der Waals surface area (Å²) in [5.74, 6) is 0. The monoisotopic (exact) mass is 454 g/mol. The molecule has 0 spiro atoms. The van der Waals surface area contributed by atoms with Gasteiger partial charge in [-0.3, -0.25) is 0 Å². The van der Waals surface area contributed by atoms with Crippen LogP contribution in [-0.2, 0) is 12.8 Å². The van der Waals surface area contributed by atoms with Crippen molar-refractivity contribution in [2.45, 2.75) is 110 Å². The minimum atomic E-state index is 1.08. The predicted molar refractivity (Wildman–Crippen MR) is 152 cm³/mol. The van der Waals surface area contributed by atoms with Crippen LogP contribution in [0.15, 0.2) is 0 Å². The van der Waals surface area contributed by atoms with Crippen LogP contribution in [0, 0.1) is 96.9 Å². The van der Waals surface area contributed by atoms with Crippen molar-refractivity contribution in [1.82, 2.24) is 0 Å². The summed E-state index contributed by atoms with van der Waals surface area (Å²) < 4.78 is 0. The molecule has 3 rings (SSSR count). The van der Waals surface area contributed by atoms with E-state index in [9.17, 15) is 0 Å². The normalized spacial score (nSPS) is 11.5. The van der Waals surface area contributed by atoms with E-state index in [1.54, 1.807) is 11.1 Å². The zero-order valence-electron chi connectivity index (χ0n) is 24.4. The molecule has 0 aliphatic rings. The van der Waals surface area contributed by atoms with Gasteiger partial charge in [0.25, 0.3) is 0 Å². The van der Waals surface area contributed by atoms with Crippen LogP contribution in [0.3, 0.4) is 0 Å². The van der Waals surface area contributed by atoms with Gasteiger partial charge in [0.1, 0.15) is 0 Å². The third kappa shape index (κ3) is 3.94. The molecule has 0 amide bonds. The molecule has 0 atom stereocenters. The van der Waals surface area contributed by atoms with E-state index < -0.39 is 0 Å². The van der Waals surface area contributed by atoms with E-state index in [1.807, 2.05) is 0 Å². The molecule has 3 aromatic rings. The maximum atomic E-state index is 2.35. The molecule has 0 aliphatic heterocycles. The summed E-state index contributed by atoms with van der Waals surface area (Å²) in [6.07, 6.45) is 2.18. The first kappa shape index (κ1) is 26.3. The van der Waals surface area contributed by atoms with Crippen molar-refractivity contribution in [1.29, 1.82) is 0 Å². The van der Waals surface area contributed by atoms with Gasteiger partial charge in [-0.2, -0.15) is 0 Å². The Morgan fingerprint density at radius 1 is 0.235 bits per heavy atom. The van der Waals surface area contributed by atoms with Crippen molar-refractivity contribution in [3.05, 3.63) is 89.0 Å². The van der Waals surface area contributed by atoms with E-state index >= 15 is 0 Å². The zero-order chi connectivity index (χ0) is 25.8. The third-order valence-corrected chi connectivity index (χ3v) is 9.85. The fourth-order valence-corrected chi connectivity index (χ4v) is 6.12. The molecule has 0 radical (unpaired) electrons. The average molecular weight is 455 g/mol. The van der Waals surface area contributed by atoms with Gasteiger partial charge in [-0.15, -0.1) is 0 Å². The minimum absolute atomic E-state index is 1.08. The van der Waals surface area contributed by atoms with Crippen LogP contribution in [-0.4, -0.2) is 0 Å². The number of hydrogen-bond donors (Lipinski definition) is 0. The zero-order valence-corrected chi connectivity index (χ0v) is 24.4. The van der Waals surface area contributed by atoms with Gasteiger partial charge in [-0.1, -0.05) is 0 Å². The molecular formula is C34H46. The molecule has 0 fully saturated rings. The van der Waals surface area contributed by atoms with Gasteiger partial charge in [0.15, 0.2) is 0 Å². The van der Waals surface area contributed by atoms with Gasteiger partial charge < -0.3 is 0 Å². The molecule has 0 heteroatoms. The first-order valence-electron chi connectivity index (χ1n) is 13.0. The molecule has 0 saturated carbocycles. The smallest absolute Gasteiger partial charge is 0.0111 e. The molecule has 0 unspecified atom stereocenters. The summed E-state index contributed by atoms with van der Waals surface area (Å²) in [5, 5.41) is 0. The average Bonchev–Trinajstić information content (AvgIpc) is 2.81. The molecule has 34 heavy (non-hydrogen) atoms. The fraction of sp³-hybridized carbons (Fsp3) is 0.471. The van der Waals surface area contributed by atoms with Crippen molar-refractivity contribution < 1.29 is 0 Å². The highest BCUT2D eigenvalue weighted by molar-refractivity contribution is 5.82. The van der Waals surface area contributed by atoms with Crippen LogP contribution in [0.4, 0.5) is 0 Å². The van der Waals surface area contributed by atoms with Crippen molar-refractivity contribution in [2.75, 3.05) is 0 Å². The van der Waals surface area contributed by atoms with Crippen LogP contribution < -0.4 is 0 Å². The largest absolute Gasteiger partial charge is 0.0447 e. The molecule has 3 aromatic carbocycles. The Kier molecular flexibility index (Phi) is 7.24. The topological polar surface area (TPSA) is 0 Å². The Bertz CT molecular complexity index is 1250. The van der Waals surface area contributed by atoms with Gasteiger partial charge in [-0.05, 0) is 210 Å². The highest BCUT2D eigenvalue weighted by Crippen LogP contribution is 2.41. The lowest BCUT2D eigenvalue weighted by molar-refractivity contribution is 0.911. The summed E-state index contributed by atoms with van der Waals surface area (Å²) >= 11 is 0. The maximum absolute atomic E-state index is 2.35. The molecule has 0 bridgehead atoms. The summed E-state index contributed by atoms with van der Waals surface area (Å²) in [6.45, 7) is 32.4. The highest BCUT2D eigenvalue weighted by Gasteiger charge is 2.22. The minimum Gasteiger partial charge on any atom is -0.0447 e. The molecule has 182 valence electrons. The van der Waals surface area contributed by atoms with Crippen LogP contribution in [0.5, 0.6) is 0 Å². The molecular weight excluding hydrogens is 408 g/mol. The molecule has 0 aromatic heterocycles. The predicted octanol–water partition coefficient (Wildman–Crippen LogP) is 9.46. The first-order valence-corrected chi connectivity index (χ1v) is 13.0. The van der Waals surface area contributed by atoms with E-state index in [0.29, 0.717) is 0 Å². The Balaban J connectivity index is 2.31. The third-order valence-electron chi connectivity index (χ3n) is 9.85. The second-order valence-corrected chi connectivity index (χ2v) is 11.0. The lowest BCUT2D eigenvalue weighted by atomic mass is 9.78. The summed E-state index contributed by atoms with van der Waals surface area (Å²) in [7, 11) is 0. The standard InChI is InChI=1S/C34H46/c1-17-19(3)25(9)31(26(10)20(17)4)15-16-32-27(11)21(5)24(8)30(14)34(32)33-28(12)22(6)18(2)23(7)29(33)13/h15-16H2,1-14H3. The first-order chi connectivity index (χ1) is 15.7. The molecule has 0 saturated heterocycles. The van der Waals surface area contributed by atoms with Crippen molar-refractivity contribution >= 4 is 0 Å². The summed E-state index contributed by atoms with van der Waals surface area (Å²) in [4.78, 5) is 0. The molecule has 0 aliphatic carbocycles. The maximum Gasteiger partial charge on any atom is -0.0111 e. The van der Waals surface area contributed by atoms with Crippen molar-refractivity contribution in [3.63, 3.8) is 0 Å². The van der Waals surface area contributed by atoms with E-state index in [4.69, 9.17) is 0 Å². The van der Waals surface area contributed by atoms with E-state index in [1.165, 1.54) is 89.0 Å². The molecule has 0 heterocycles. The quantitative estimate of drug-likeness (QED) is 0.368. The Hall–Kier alpha value is -2.34. The molecule has 0 N–H and O–H groups in total. The van der Waals surface area contributed by atoms with Crippen LogP contribution in [0.1, 0.15) is 89.0 Å². The second-order valence-electron chi connectivity index (χ2n) is 11.0. The van der Waals surface area contributed by atoms with Crippen LogP contribution >= 0.6 is 0 Å². The van der Waals surface area contributed by atoms with Gasteiger partial charge >= 0.3 is 0 Å².